The Hall–Kier alpha value is -3.59. The Morgan fingerprint density at radius 1 is 0.774 bits per heavy atom. The SMILES string of the molecule is C[n+]1c(C(C)(C)C)c2c3ccccc3n(-c3ccccc3)c2c2oc3ccccc3c21. The van der Waals surface area contributed by atoms with Crippen LogP contribution in [-0.4, -0.2) is 4.57 Å². The van der Waals surface area contributed by atoms with Crippen molar-refractivity contribution in [2.24, 2.45) is 7.05 Å². The first-order valence-corrected chi connectivity index (χ1v) is 10.8. The van der Waals surface area contributed by atoms with Gasteiger partial charge in [-0.3, -0.25) is 0 Å². The van der Waals surface area contributed by atoms with Crippen LogP contribution in [0, 0.1) is 0 Å². The van der Waals surface area contributed by atoms with Gasteiger partial charge in [-0.1, -0.05) is 69.3 Å². The number of aryl methyl sites for hydroxylation is 1. The van der Waals surface area contributed by atoms with Crippen LogP contribution in [0.3, 0.4) is 0 Å². The molecule has 3 aromatic carbocycles. The number of benzene rings is 3. The molecule has 31 heavy (non-hydrogen) atoms. The van der Waals surface area contributed by atoms with E-state index in [4.69, 9.17) is 4.42 Å². The van der Waals surface area contributed by atoms with Crippen LogP contribution in [0.1, 0.15) is 26.5 Å². The average Bonchev–Trinajstić information content (AvgIpc) is 3.30. The van der Waals surface area contributed by atoms with Gasteiger partial charge in [-0.15, -0.1) is 0 Å². The zero-order chi connectivity index (χ0) is 21.3. The molecule has 0 radical (unpaired) electrons. The second-order valence-electron chi connectivity index (χ2n) is 9.35. The smallest absolute Gasteiger partial charge is 0.261 e. The second-order valence-corrected chi connectivity index (χ2v) is 9.35. The van der Waals surface area contributed by atoms with E-state index >= 15 is 0 Å². The van der Waals surface area contributed by atoms with Crippen molar-refractivity contribution in [3.63, 3.8) is 0 Å². The number of furan rings is 1. The van der Waals surface area contributed by atoms with Gasteiger partial charge in [-0.2, -0.15) is 4.57 Å². The third-order valence-corrected chi connectivity index (χ3v) is 6.29. The molecule has 0 amide bonds. The predicted molar refractivity (Wildman–Crippen MR) is 128 cm³/mol. The van der Waals surface area contributed by atoms with Crippen molar-refractivity contribution < 1.29 is 8.98 Å². The largest absolute Gasteiger partial charge is 0.447 e. The molecule has 0 spiro atoms. The van der Waals surface area contributed by atoms with Crippen molar-refractivity contribution in [2.45, 2.75) is 26.2 Å². The van der Waals surface area contributed by atoms with Gasteiger partial charge in [0.05, 0.1) is 16.3 Å². The summed E-state index contributed by atoms with van der Waals surface area (Å²) in [5.74, 6) is 0. The highest BCUT2D eigenvalue weighted by Crippen LogP contribution is 2.42. The van der Waals surface area contributed by atoms with Crippen LogP contribution >= 0.6 is 0 Å². The molecule has 0 bridgehead atoms. The van der Waals surface area contributed by atoms with E-state index in [1.165, 1.54) is 22.0 Å². The fourth-order valence-corrected chi connectivity index (χ4v) is 5.22. The Morgan fingerprint density at radius 2 is 1.42 bits per heavy atom. The van der Waals surface area contributed by atoms with Crippen LogP contribution in [-0.2, 0) is 12.5 Å². The van der Waals surface area contributed by atoms with E-state index in [0.717, 1.165) is 33.3 Å². The summed E-state index contributed by atoms with van der Waals surface area (Å²) in [7, 11) is 2.18. The van der Waals surface area contributed by atoms with Crippen molar-refractivity contribution in [2.75, 3.05) is 0 Å². The van der Waals surface area contributed by atoms with Gasteiger partial charge in [0.15, 0.2) is 5.69 Å². The van der Waals surface area contributed by atoms with E-state index < -0.39 is 0 Å². The lowest BCUT2D eigenvalue weighted by Gasteiger charge is -2.18. The first-order chi connectivity index (χ1) is 15.0. The van der Waals surface area contributed by atoms with E-state index in [0.29, 0.717) is 0 Å². The van der Waals surface area contributed by atoms with Crippen LogP contribution in [0.15, 0.2) is 83.3 Å². The normalized spacial score (nSPS) is 12.5. The quantitative estimate of drug-likeness (QED) is 0.276. The van der Waals surface area contributed by atoms with Gasteiger partial charge in [0.1, 0.15) is 18.1 Å². The molecule has 3 heteroatoms. The third kappa shape index (κ3) is 2.43. The minimum absolute atomic E-state index is 0.0504. The minimum Gasteiger partial charge on any atom is -0.447 e. The molecule has 6 aromatic rings. The lowest BCUT2D eigenvalue weighted by molar-refractivity contribution is -0.654. The molecule has 6 rings (SSSR count). The summed E-state index contributed by atoms with van der Waals surface area (Å²) in [5, 5.41) is 3.67. The van der Waals surface area contributed by atoms with Crippen molar-refractivity contribution in [1.82, 2.24) is 4.57 Å². The summed E-state index contributed by atoms with van der Waals surface area (Å²) in [6, 6.07) is 27.7. The lowest BCUT2D eigenvalue weighted by Crippen LogP contribution is -2.40. The topological polar surface area (TPSA) is 21.9 Å². The van der Waals surface area contributed by atoms with Gasteiger partial charge >= 0.3 is 0 Å². The molecule has 0 N–H and O–H groups in total. The van der Waals surface area contributed by atoms with Gasteiger partial charge in [0.2, 0.25) is 5.58 Å². The van der Waals surface area contributed by atoms with Crippen LogP contribution in [0.25, 0.3) is 49.6 Å². The molecule has 0 aliphatic carbocycles. The summed E-state index contributed by atoms with van der Waals surface area (Å²) in [4.78, 5) is 0. The monoisotopic (exact) mass is 405 g/mol. The molecule has 0 unspecified atom stereocenters. The van der Waals surface area contributed by atoms with Crippen LogP contribution in [0.4, 0.5) is 0 Å². The molecule has 3 aromatic heterocycles. The van der Waals surface area contributed by atoms with Crippen molar-refractivity contribution in [3.8, 4) is 5.69 Å². The zero-order valence-corrected chi connectivity index (χ0v) is 18.3. The first-order valence-electron chi connectivity index (χ1n) is 10.8. The van der Waals surface area contributed by atoms with E-state index in [1.807, 2.05) is 6.07 Å². The molecule has 0 saturated heterocycles. The van der Waals surface area contributed by atoms with Gasteiger partial charge < -0.3 is 8.98 Å². The van der Waals surface area contributed by atoms with E-state index in [2.05, 4.69) is 110 Å². The molecule has 3 heterocycles. The Bertz CT molecular complexity index is 1610. The highest BCUT2D eigenvalue weighted by atomic mass is 16.3. The van der Waals surface area contributed by atoms with Gasteiger partial charge in [-0.05, 0) is 30.3 Å². The molecule has 0 fully saturated rings. The number of hydrogen-bond donors (Lipinski definition) is 0. The van der Waals surface area contributed by atoms with E-state index in [-0.39, 0.29) is 5.41 Å². The number of nitrogens with zero attached hydrogens (tertiary/aromatic N) is 2. The second kappa shape index (κ2) is 6.21. The Labute approximate surface area is 181 Å². The standard InChI is InChI=1S/C28H25N2O/c1-28(2,3)27-23-19-14-8-10-16-21(19)30(18-12-6-5-7-13-18)25(23)26-24(29(27)4)20-15-9-11-17-22(20)31-26/h5-17H,1-4H3/q+1. The van der Waals surface area contributed by atoms with Crippen LogP contribution in [0.2, 0.25) is 0 Å². The van der Waals surface area contributed by atoms with Crippen LogP contribution in [0.5, 0.6) is 0 Å². The summed E-state index contributed by atoms with van der Waals surface area (Å²) in [5.41, 5.74) is 7.75. The molecule has 0 aliphatic heterocycles. The van der Waals surface area contributed by atoms with Crippen molar-refractivity contribution in [3.05, 3.63) is 84.6 Å². The fraction of sp³-hybridized carbons (Fsp3) is 0.179. The summed E-state index contributed by atoms with van der Waals surface area (Å²) < 4.78 is 11.3. The Morgan fingerprint density at radius 3 is 2.16 bits per heavy atom. The minimum atomic E-state index is -0.0504. The van der Waals surface area contributed by atoms with Crippen molar-refractivity contribution >= 4 is 43.9 Å². The average molecular weight is 406 g/mol. The number of pyridine rings is 1. The molecule has 0 aliphatic rings. The Balaban J connectivity index is 2.01. The molecular formula is C28H25N2O+. The van der Waals surface area contributed by atoms with Gasteiger partial charge in [0, 0.05) is 16.5 Å². The number of rotatable bonds is 1. The first kappa shape index (κ1) is 18.2. The predicted octanol–water partition coefficient (Wildman–Crippen LogP) is 6.81. The van der Waals surface area contributed by atoms with E-state index in [1.54, 1.807) is 0 Å². The molecular weight excluding hydrogens is 380 g/mol. The maximum absolute atomic E-state index is 6.56. The molecule has 0 atom stereocenters. The molecule has 3 nitrogen and oxygen atoms in total. The highest BCUT2D eigenvalue weighted by Gasteiger charge is 2.35. The molecule has 152 valence electrons. The maximum Gasteiger partial charge on any atom is 0.261 e. The van der Waals surface area contributed by atoms with Crippen LogP contribution < -0.4 is 4.57 Å². The van der Waals surface area contributed by atoms with E-state index in [9.17, 15) is 0 Å². The number of para-hydroxylation sites is 3. The maximum atomic E-state index is 6.56. The van der Waals surface area contributed by atoms with Gasteiger partial charge in [0.25, 0.3) is 5.52 Å². The third-order valence-electron chi connectivity index (χ3n) is 6.29. The summed E-state index contributed by atoms with van der Waals surface area (Å²) >= 11 is 0. The van der Waals surface area contributed by atoms with Crippen molar-refractivity contribution in [1.29, 1.82) is 0 Å². The zero-order valence-electron chi connectivity index (χ0n) is 18.3. The van der Waals surface area contributed by atoms with Gasteiger partial charge in [-0.25, -0.2) is 0 Å². The lowest BCUT2D eigenvalue weighted by atomic mass is 9.87. The summed E-state index contributed by atoms with van der Waals surface area (Å²) in [6.45, 7) is 6.89. The summed E-state index contributed by atoms with van der Waals surface area (Å²) in [6.07, 6.45) is 0. The molecule has 0 saturated carbocycles. The highest BCUT2D eigenvalue weighted by molar-refractivity contribution is 6.19. The number of fused-ring (bicyclic) bond motifs is 7. The number of hydrogen-bond acceptors (Lipinski definition) is 1. The Kier molecular flexibility index (Phi) is 3.64. The number of aromatic nitrogens is 2. The fourth-order valence-electron chi connectivity index (χ4n) is 5.22.